The van der Waals surface area contributed by atoms with Crippen LogP contribution >= 0.6 is 11.8 Å². The fourth-order valence-electron chi connectivity index (χ4n) is 1.11. The first kappa shape index (κ1) is 12.8. The largest absolute Gasteiger partial charge is 0.411 e. The van der Waals surface area contributed by atoms with Crippen LogP contribution in [0, 0.1) is 6.92 Å². The van der Waals surface area contributed by atoms with Crippen LogP contribution in [0.25, 0.3) is 11.5 Å². The topological polar surface area (TPSA) is 38.9 Å². The van der Waals surface area contributed by atoms with Crippen molar-refractivity contribution in [1.29, 1.82) is 0 Å². The van der Waals surface area contributed by atoms with Gasteiger partial charge in [-0.05, 0) is 25.3 Å². The van der Waals surface area contributed by atoms with E-state index >= 15 is 0 Å². The summed E-state index contributed by atoms with van der Waals surface area (Å²) >= 11 is 1.45. The normalized spacial score (nSPS) is 9.50. The molecule has 1 heterocycles. The lowest BCUT2D eigenvalue weighted by atomic mass is 10.1. The Balaban J connectivity index is 0.000000606. The number of nitrogens with zero attached hydrogens (tertiary/aromatic N) is 2. The minimum atomic E-state index is 0.578. The van der Waals surface area contributed by atoms with E-state index in [1.54, 1.807) is 0 Å². The molecule has 0 unspecified atom stereocenters. The molecule has 0 atom stereocenters. The molecule has 0 bridgehead atoms. The highest BCUT2D eigenvalue weighted by Gasteiger charge is 2.06. The monoisotopic (exact) mass is 236 g/mol. The van der Waals surface area contributed by atoms with Gasteiger partial charge in [-0.3, -0.25) is 0 Å². The number of hydrogen-bond donors (Lipinski definition) is 0. The molecule has 0 aliphatic heterocycles. The Kier molecular flexibility index (Phi) is 5.05. The molecule has 0 fully saturated rings. The van der Waals surface area contributed by atoms with Crippen LogP contribution < -0.4 is 0 Å². The Bertz CT molecular complexity index is 423. The summed E-state index contributed by atoms with van der Waals surface area (Å²) in [5, 5.41) is 8.43. The molecule has 0 saturated heterocycles. The Morgan fingerprint density at radius 1 is 1.06 bits per heavy atom. The van der Waals surface area contributed by atoms with Crippen LogP contribution in [-0.4, -0.2) is 16.5 Å². The standard InChI is InChI=1S/C10H10N2OS.C2H6/c1-7-3-5-8(6-4-7)9-11-12-10(13-9)14-2;1-2/h3-6H,1-2H3;1-2H3. The summed E-state index contributed by atoms with van der Waals surface area (Å²) in [6.45, 7) is 6.05. The first-order chi connectivity index (χ1) is 7.79. The van der Waals surface area contributed by atoms with E-state index in [0.29, 0.717) is 11.1 Å². The van der Waals surface area contributed by atoms with Gasteiger partial charge in [0.2, 0.25) is 5.89 Å². The highest BCUT2D eigenvalue weighted by atomic mass is 32.2. The molecule has 1 aromatic heterocycles. The molecule has 0 N–H and O–H groups in total. The van der Waals surface area contributed by atoms with Crippen molar-refractivity contribution in [2.75, 3.05) is 6.26 Å². The van der Waals surface area contributed by atoms with Crippen molar-refractivity contribution >= 4 is 11.8 Å². The molecule has 86 valence electrons. The quantitative estimate of drug-likeness (QED) is 0.744. The lowest BCUT2D eigenvalue weighted by Gasteiger charge is -1.94. The van der Waals surface area contributed by atoms with E-state index < -0.39 is 0 Å². The van der Waals surface area contributed by atoms with Crippen LogP contribution in [0.5, 0.6) is 0 Å². The molecule has 1 aromatic carbocycles. The SMILES string of the molecule is CC.CSc1nnc(-c2ccc(C)cc2)o1. The summed E-state index contributed by atoms with van der Waals surface area (Å²) in [5.74, 6) is 0.578. The van der Waals surface area contributed by atoms with E-state index in [1.165, 1.54) is 17.3 Å². The lowest BCUT2D eigenvalue weighted by molar-refractivity contribution is 0.466. The van der Waals surface area contributed by atoms with Gasteiger partial charge in [0.15, 0.2) is 0 Å². The van der Waals surface area contributed by atoms with E-state index in [2.05, 4.69) is 10.2 Å². The Labute approximate surface area is 100 Å². The second-order valence-electron chi connectivity index (χ2n) is 2.94. The highest BCUT2D eigenvalue weighted by Crippen LogP contribution is 2.21. The smallest absolute Gasteiger partial charge is 0.276 e. The summed E-state index contributed by atoms with van der Waals surface area (Å²) in [7, 11) is 0. The molecule has 2 rings (SSSR count). The molecule has 0 spiro atoms. The fourth-order valence-corrected chi connectivity index (χ4v) is 1.39. The van der Waals surface area contributed by atoms with Crippen LogP contribution in [0.3, 0.4) is 0 Å². The van der Waals surface area contributed by atoms with Crippen molar-refractivity contribution in [2.24, 2.45) is 0 Å². The van der Waals surface area contributed by atoms with Crippen molar-refractivity contribution in [3.63, 3.8) is 0 Å². The van der Waals surface area contributed by atoms with Crippen molar-refractivity contribution in [1.82, 2.24) is 10.2 Å². The maximum atomic E-state index is 5.40. The van der Waals surface area contributed by atoms with Gasteiger partial charge in [0.05, 0.1) is 0 Å². The fraction of sp³-hybridized carbons (Fsp3) is 0.333. The Hall–Kier alpha value is -1.29. The first-order valence-corrected chi connectivity index (χ1v) is 6.46. The third-order valence-electron chi connectivity index (χ3n) is 1.88. The van der Waals surface area contributed by atoms with Gasteiger partial charge < -0.3 is 4.42 Å². The van der Waals surface area contributed by atoms with Gasteiger partial charge in [-0.2, -0.15) is 0 Å². The second-order valence-corrected chi connectivity index (χ2v) is 3.70. The van der Waals surface area contributed by atoms with Crippen molar-refractivity contribution in [3.8, 4) is 11.5 Å². The zero-order chi connectivity index (χ0) is 12.0. The molecule has 4 heteroatoms. The number of aromatic nitrogens is 2. The summed E-state index contributed by atoms with van der Waals surface area (Å²) < 4.78 is 5.40. The summed E-state index contributed by atoms with van der Waals surface area (Å²) in [6.07, 6.45) is 1.91. The third-order valence-corrected chi connectivity index (χ3v) is 2.39. The molecule has 3 nitrogen and oxygen atoms in total. The van der Waals surface area contributed by atoms with E-state index in [9.17, 15) is 0 Å². The number of hydrogen-bond acceptors (Lipinski definition) is 4. The second kappa shape index (κ2) is 6.33. The maximum absolute atomic E-state index is 5.40. The van der Waals surface area contributed by atoms with Crippen molar-refractivity contribution in [2.45, 2.75) is 26.0 Å². The number of aryl methyl sites for hydroxylation is 1. The van der Waals surface area contributed by atoms with E-state index in [1.807, 2.05) is 51.3 Å². The van der Waals surface area contributed by atoms with Crippen molar-refractivity contribution < 1.29 is 4.42 Å². The van der Waals surface area contributed by atoms with Gasteiger partial charge in [0.1, 0.15) is 0 Å². The number of benzene rings is 1. The third kappa shape index (κ3) is 3.10. The van der Waals surface area contributed by atoms with Gasteiger partial charge in [-0.15, -0.1) is 10.2 Å². The number of thioether (sulfide) groups is 1. The van der Waals surface area contributed by atoms with Crippen LogP contribution in [0.4, 0.5) is 0 Å². The summed E-state index contributed by atoms with van der Waals surface area (Å²) in [4.78, 5) is 0. The summed E-state index contributed by atoms with van der Waals surface area (Å²) in [5.41, 5.74) is 2.18. The predicted octanol–water partition coefficient (Wildman–Crippen LogP) is 3.79. The van der Waals surface area contributed by atoms with Gasteiger partial charge in [-0.25, -0.2) is 0 Å². The molecule has 0 amide bonds. The average molecular weight is 236 g/mol. The molecule has 0 aliphatic rings. The number of rotatable bonds is 2. The first-order valence-electron chi connectivity index (χ1n) is 5.24. The zero-order valence-corrected chi connectivity index (χ0v) is 10.8. The molecule has 2 aromatic rings. The van der Waals surface area contributed by atoms with Crippen LogP contribution in [-0.2, 0) is 0 Å². The lowest BCUT2D eigenvalue weighted by Crippen LogP contribution is -1.77. The summed E-state index contributed by atoms with van der Waals surface area (Å²) in [6, 6.07) is 8.01. The highest BCUT2D eigenvalue weighted by molar-refractivity contribution is 7.98. The molecule has 0 saturated carbocycles. The van der Waals surface area contributed by atoms with Gasteiger partial charge in [0.25, 0.3) is 5.22 Å². The maximum Gasteiger partial charge on any atom is 0.276 e. The van der Waals surface area contributed by atoms with Gasteiger partial charge >= 0.3 is 0 Å². The Morgan fingerprint density at radius 3 is 2.19 bits per heavy atom. The van der Waals surface area contributed by atoms with Crippen LogP contribution in [0.1, 0.15) is 19.4 Å². The molecular weight excluding hydrogens is 220 g/mol. The van der Waals surface area contributed by atoms with Crippen LogP contribution in [0.2, 0.25) is 0 Å². The van der Waals surface area contributed by atoms with Gasteiger partial charge in [-0.1, -0.05) is 43.3 Å². The Morgan fingerprint density at radius 2 is 1.69 bits per heavy atom. The van der Waals surface area contributed by atoms with Gasteiger partial charge in [0, 0.05) is 5.56 Å². The zero-order valence-electron chi connectivity index (χ0n) is 10.0. The van der Waals surface area contributed by atoms with E-state index in [-0.39, 0.29) is 0 Å². The predicted molar refractivity (Wildman–Crippen MR) is 67.6 cm³/mol. The molecular formula is C12H16N2OS. The van der Waals surface area contributed by atoms with E-state index in [4.69, 9.17) is 4.42 Å². The van der Waals surface area contributed by atoms with E-state index in [0.717, 1.165) is 5.56 Å². The minimum Gasteiger partial charge on any atom is -0.411 e. The average Bonchev–Trinajstić information content (AvgIpc) is 2.81. The van der Waals surface area contributed by atoms with Crippen LogP contribution in [0.15, 0.2) is 33.9 Å². The molecule has 0 aliphatic carbocycles. The minimum absolute atomic E-state index is 0.578. The van der Waals surface area contributed by atoms with Crippen molar-refractivity contribution in [3.05, 3.63) is 29.8 Å². The molecule has 0 radical (unpaired) electrons. The molecule has 16 heavy (non-hydrogen) atoms.